The zero-order valence-electron chi connectivity index (χ0n) is 15.9. The Balaban J connectivity index is 1.98. The average molecular weight is 426 g/mol. The number of aliphatic hydroxyl groups is 1. The zero-order chi connectivity index (χ0) is 21.7. The number of benzene rings is 3. The molecular formula is C23H20F6O. The number of aliphatic hydroxyl groups excluding tert-OH is 1. The van der Waals surface area contributed by atoms with E-state index in [0.717, 1.165) is 56.4 Å². The van der Waals surface area contributed by atoms with E-state index in [1.165, 1.54) is 12.1 Å². The number of hydrogen-bond donors (Lipinski definition) is 1. The number of fused-ring (bicyclic) bond motifs is 3. The lowest BCUT2D eigenvalue weighted by Crippen LogP contribution is -2.16. The first-order valence-electron chi connectivity index (χ1n) is 9.88. The fourth-order valence-corrected chi connectivity index (χ4v) is 4.48. The molecule has 0 bridgehead atoms. The van der Waals surface area contributed by atoms with Crippen molar-refractivity contribution >= 4 is 21.5 Å². The van der Waals surface area contributed by atoms with Crippen molar-refractivity contribution in [2.24, 2.45) is 5.92 Å². The maximum absolute atomic E-state index is 13.3. The van der Waals surface area contributed by atoms with Crippen molar-refractivity contribution in [3.8, 4) is 0 Å². The van der Waals surface area contributed by atoms with Gasteiger partial charge in [0.1, 0.15) is 0 Å². The molecule has 0 amide bonds. The van der Waals surface area contributed by atoms with Gasteiger partial charge < -0.3 is 5.11 Å². The fraction of sp³-hybridized carbons (Fsp3) is 0.391. The minimum absolute atomic E-state index is 0.0175. The normalized spacial score (nSPS) is 17.6. The van der Waals surface area contributed by atoms with Gasteiger partial charge >= 0.3 is 12.4 Å². The Hall–Kier alpha value is -2.28. The fourth-order valence-electron chi connectivity index (χ4n) is 4.48. The highest BCUT2D eigenvalue weighted by Crippen LogP contribution is 2.42. The molecule has 30 heavy (non-hydrogen) atoms. The molecule has 0 saturated heterocycles. The molecular weight excluding hydrogens is 406 g/mol. The van der Waals surface area contributed by atoms with Crippen LogP contribution in [0.25, 0.3) is 21.5 Å². The standard InChI is InChI=1S/C23H20F6O/c24-22(25,26)15-7-6-14-10-20(21(30)13-4-2-1-3-5-13)17-9-8-16(23(27,28)29)12-19(17)18(14)11-15/h6-13,21,30H,1-5H2. The van der Waals surface area contributed by atoms with Crippen molar-refractivity contribution in [3.05, 3.63) is 59.2 Å². The van der Waals surface area contributed by atoms with Gasteiger partial charge in [-0.2, -0.15) is 26.3 Å². The first kappa shape index (κ1) is 21.0. The van der Waals surface area contributed by atoms with E-state index < -0.39 is 29.6 Å². The van der Waals surface area contributed by atoms with Gasteiger partial charge in [0.25, 0.3) is 0 Å². The van der Waals surface area contributed by atoms with Gasteiger partial charge in [-0.25, -0.2) is 0 Å². The van der Waals surface area contributed by atoms with Gasteiger partial charge in [0.05, 0.1) is 17.2 Å². The summed E-state index contributed by atoms with van der Waals surface area (Å²) in [6.07, 6.45) is -5.46. The predicted octanol–water partition coefficient (Wildman–Crippen LogP) is 7.64. The highest BCUT2D eigenvalue weighted by molar-refractivity contribution is 6.09. The van der Waals surface area contributed by atoms with E-state index in [1.54, 1.807) is 6.07 Å². The maximum Gasteiger partial charge on any atom is 0.416 e. The number of alkyl halides is 6. The van der Waals surface area contributed by atoms with Crippen LogP contribution in [0.3, 0.4) is 0 Å². The van der Waals surface area contributed by atoms with Crippen LogP contribution in [0.1, 0.15) is 54.9 Å². The second-order valence-corrected chi connectivity index (χ2v) is 8.00. The van der Waals surface area contributed by atoms with Gasteiger partial charge in [-0.05, 0) is 76.2 Å². The number of rotatable bonds is 2. The molecule has 0 heterocycles. The minimum atomic E-state index is -4.62. The van der Waals surface area contributed by atoms with E-state index >= 15 is 0 Å². The van der Waals surface area contributed by atoms with Crippen molar-refractivity contribution in [3.63, 3.8) is 0 Å². The molecule has 1 atom stereocenters. The molecule has 0 aliphatic heterocycles. The van der Waals surface area contributed by atoms with E-state index in [-0.39, 0.29) is 16.7 Å². The highest BCUT2D eigenvalue weighted by Gasteiger charge is 2.33. The Morgan fingerprint density at radius 2 is 1.27 bits per heavy atom. The number of hydrogen-bond acceptors (Lipinski definition) is 1. The van der Waals surface area contributed by atoms with Crippen LogP contribution in [0.4, 0.5) is 26.3 Å². The molecule has 0 aromatic heterocycles. The smallest absolute Gasteiger partial charge is 0.388 e. The van der Waals surface area contributed by atoms with E-state index in [4.69, 9.17) is 0 Å². The Kier molecular flexibility index (Phi) is 5.21. The molecule has 0 spiro atoms. The van der Waals surface area contributed by atoms with Crippen molar-refractivity contribution in [1.82, 2.24) is 0 Å². The molecule has 1 nitrogen and oxygen atoms in total. The van der Waals surface area contributed by atoms with Crippen LogP contribution >= 0.6 is 0 Å². The van der Waals surface area contributed by atoms with E-state index in [9.17, 15) is 31.4 Å². The molecule has 3 aromatic carbocycles. The molecule has 1 aliphatic carbocycles. The summed E-state index contributed by atoms with van der Waals surface area (Å²) in [6, 6.07) is 7.74. The van der Waals surface area contributed by atoms with Crippen LogP contribution in [0.2, 0.25) is 0 Å². The molecule has 4 rings (SSSR count). The van der Waals surface area contributed by atoms with Crippen LogP contribution in [0.15, 0.2) is 42.5 Å². The predicted molar refractivity (Wildman–Crippen MR) is 103 cm³/mol. The first-order chi connectivity index (χ1) is 14.1. The number of halogens is 6. The Morgan fingerprint density at radius 3 is 1.87 bits per heavy atom. The van der Waals surface area contributed by atoms with E-state index in [1.807, 2.05) is 0 Å². The summed E-state index contributed by atoms with van der Waals surface area (Å²) in [5, 5.41) is 11.9. The van der Waals surface area contributed by atoms with Gasteiger partial charge in [-0.1, -0.05) is 31.4 Å². The largest absolute Gasteiger partial charge is 0.416 e. The molecule has 1 fully saturated rings. The Morgan fingerprint density at radius 1 is 0.700 bits per heavy atom. The molecule has 0 radical (unpaired) electrons. The monoisotopic (exact) mass is 426 g/mol. The molecule has 7 heteroatoms. The lowest BCUT2D eigenvalue weighted by atomic mass is 9.80. The van der Waals surface area contributed by atoms with Crippen LogP contribution in [0, 0.1) is 5.92 Å². The Labute approximate surface area is 169 Å². The summed E-state index contributed by atoms with van der Waals surface area (Å²) in [5.74, 6) is -0.0175. The molecule has 1 aliphatic rings. The van der Waals surface area contributed by atoms with Crippen molar-refractivity contribution in [2.45, 2.75) is 50.6 Å². The van der Waals surface area contributed by atoms with Crippen molar-refractivity contribution < 1.29 is 31.4 Å². The minimum Gasteiger partial charge on any atom is -0.388 e. The molecule has 1 saturated carbocycles. The summed E-state index contributed by atoms with van der Waals surface area (Å²) in [5.41, 5.74) is -1.38. The summed E-state index contributed by atoms with van der Waals surface area (Å²) in [7, 11) is 0. The third kappa shape index (κ3) is 3.87. The van der Waals surface area contributed by atoms with E-state index in [0.29, 0.717) is 16.3 Å². The summed E-state index contributed by atoms with van der Waals surface area (Å²) < 4.78 is 79.6. The first-order valence-corrected chi connectivity index (χ1v) is 9.88. The van der Waals surface area contributed by atoms with Gasteiger partial charge in [0.2, 0.25) is 0 Å². The summed E-state index contributed by atoms with van der Waals surface area (Å²) >= 11 is 0. The van der Waals surface area contributed by atoms with Crippen LogP contribution in [-0.4, -0.2) is 5.11 Å². The SMILES string of the molecule is OC(c1cc2ccc(C(F)(F)F)cc2c2cc(C(F)(F)F)ccc12)C1CCCCC1. The summed E-state index contributed by atoms with van der Waals surface area (Å²) in [6.45, 7) is 0. The lowest BCUT2D eigenvalue weighted by Gasteiger charge is -2.28. The topological polar surface area (TPSA) is 20.2 Å². The molecule has 3 aromatic rings. The van der Waals surface area contributed by atoms with Gasteiger partial charge in [0.15, 0.2) is 0 Å². The van der Waals surface area contributed by atoms with Crippen LogP contribution < -0.4 is 0 Å². The van der Waals surface area contributed by atoms with Gasteiger partial charge in [-0.3, -0.25) is 0 Å². The van der Waals surface area contributed by atoms with Crippen LogP contribution in [-0.2, 0) is 12.4 Å². The third-order valence-corrected chi connectivity index (χ3v) is 6.05. The highest BCUT2D eigenvalue weighted by atomic mass is 19.4. The van der Waals surface area contributed by atoms with Gasteiger partial charge in [0, 0.05) is 0 Å². The molecule has 160 valence electrons. The average Bonchev–Trinajstić information content (AvgIpc) is 2.71. The Bertz CT molecular complexity index is 1080. The molecule has 1 unspecified atom stereocenters. The quantitative estimate of drug-likeness (QED) is 0.330. The van der Waals surface area contributed by atoms with Crippen molar-refractivity contribution in [2.75, 3.05) is 0 Å². The molecule has 1 N–H and O–H groups in total. The van der Waals surface area contributed by atoms with Crippen molar-refractivity contribution in [1.29, 1.82) is 0 Å². The summed E-state index contributed by atoms with van der Waals surface area (Å²) in [4.78, 5) is 0. The third-order valence-electron chi connectivity index (χ3n) is 6.05. The van der Waals surface area contributed by atoms with Crippen LogP contribution in [0.5, 0.6) is 0 Å². The van der Waals surface area contributed by atoms with Gasteiger partial charge in [-0.15, -0.1) is 0 Å². The zero-order valence-corrected chi connectivity index (χ0v) is 15.9. The second kappa shape index (κ2) is 7.45. The second-order valence-electron chi connectivity index (χ2n) is 8.00. The van der Waals surface area contributed by atoms with E-state index in [2.05, 4.69) is 0 Å². The lowest BCUT2D eigenvalue weighted by molar-refractivity contribution is -0.138. The maximum atomic E-state index is 13.3.